The summed E-state index contributed by atoms with van der Waals surface area (Å²) in [4.78, 5) is 0. The second-order valence-electron chi connectivity index (χ2n) is 8.28. The lowest BCUT2D eigenvalue weighted by molar-refractivity contribution is 0.122. The minimum Gasteiger partial charge on any atom is -0.377 e. The van der Waals surface area contributed by atoms with Gasteiger partial charge in [-0.3, -0.25) is 0 Å². The smallest absolute Gasteiger partial charge is 0.377 e. The van der Waals surface area contributed by atoms with Gasteiger partial charge in [0.15, 0.2) is 0 Å². The summed E-state index contributed by atoms with van der Waals surface area (Å²) in [5, 5.41) is 1.70. The molecule has 0 aromatic carbocycles. The number of allylic oxidation sites excluding steroid dienone is 2. The molecule has 0 aromatic rings. The summed E-state index contributed by atoms with van der Waals surface area (Å²) < 4.78 is 16.4. The van der Waals surface area contributed by atoms with Gasteiger partial charge in [-0.05, 0) is 33.1 Å². The standard InChI is InChI=1S/C20H44O3Si2/c1-19(20(2)24(6,7)8)17-15-13-11-9-10-12-14-16-18-25(21-3,22-4)23-5/h9-18H2,1-8H3/b20-19+. The maximum Gasteiger partial charge on any atom is 0.500 e. The molecular formula is C20H44O3Si2. The first-order chi connectivity index (χ1) is 11.7. The van der Waals surface area contributed by atoms with Gasteiger partial charge in [0.2, 0.25) is 0 Å². The summed E-state index contributed by atoms with van der Waals surface area (Å²) in [6.07, 6.45) is 11.8. The van der Waals surface area contributed by atoms with E-state index >= 15 is 0 Å². The van der Waals surface area contributed by atoms with Crippen LogP contribution in [-0.4, -0.2) is 38.2 Å². The molecule has 0 amide bonds. The maximum absolute atomic E-state index is 5.46. The minimum atomic E-state index is -2.34. The molecule has 0 bridgehead atoms. The van der Waals surface area contributed by atoms with E-state index in [4.69, 9.17) is 13.3 Å². The van der Waals surface area contributed by atoms with E-state index in [9.17, 15) is 0 Å². The molecule has 3 nitrogen and oxygen atoms in total. The van der Waals surface area contributed by atoms with E-state index in [1.54, 1.807) is 32.1 Å². The lowest BCUT2D eigenvalue weighted by Gasteiger charge is -2.24. The number of hydrogen-bond acceptors (Lipinski definition) is 3. The molecule has 25 heavy (non-hydrogen) atoms. The fourth-order valence-corrected chi connectivity index (χ4v) is 6.38. The number of rotatable bonds is 15. The van der Waals surface area contributed by atoms with Crippen LogP contribution in [0.15, 0.2) is 10.8 Å². The molecule has 0 saturated carbocycles. The quantitative estimate of drug-likeness (QED) is 0.234. The van der Waals surface area contributed by atoms with Gasteiger partial charge in [0.1, 0.15) is 0 Å². The van der Waals surface area contributed by atoms with Gasteiger partial charge in [0, 0.05) is 27.4 Å². The van der Waals surface area contributed by atoms with Gasteiger partial charge >= 0.3 is 8.80 Å². The predicted molar refractivity (Wildman–Crippen MR) is 115 cm³/mol. The molecule has 0 aliphatic heterocycles. The summed E-state index contributed by atoms with van der Waals surface area (Å²) >= 11 is 0. The van der Waals surface area contributed by atoms with Crippen LogP contribution in [0.4, 0.5) is 0 Å². The van der Waals surface area contributed by atoms with Gasteiger partial charge in [-0.2, -0.15) is 0 Å². The highest BCUT2D eigenvalue weighted by Gasteiger charge is 2.36. The van der Waals surface area contributed by atoms with E-state index in [0.717, 1.165) is 12.5 Å². The van der Waals surface area contributed by atoms with Crippen LogP contribution in [0.25, 0.3) is 0 Å². The molecule has 0 aromatic heterocycles. The van der Waals surface area contributed by atoms with Crippen molar-refractivity contribution < 1.29 is 13.3 Å². The average molecular weight is 389 g/mol. The second kappa shape index (κ2) is 13.3. The van der Waals surface area contributed by atoms with Crippen molar-refractivity contribution in [2.45, 2.75) is 97.3 Å². The molecule has 0 aliphatic carbocycles. The molecule has 5 heteroatoms. The van der Waals surface area contributed by atoms with Gasteiger partial charge in [-0.25, -0.2) is 0 Å². The van der Waals surface area contributed by atoms with Crippen LogP contribution in [-0.2, 0) is 13.3 Å². The van der Waals surface area contributed by atoms with Gasteiger partial charge in [0.05, 0.1) is 8.07 Å². The Morgan fingerprint density at radius 1 is 0.640 bits per heavy atom. The first-order valence-corrected chi connectivity index (χ1v) is 15.5. The molecule has 0 rings (SSSR count). The van der Waals surface area contributed by atoms with Gasteiger partial charge in [-0.1, -0.05) is 68.9 Å². The van der Waals surface area contributed by atoms with E-state index < -0.39 is 16.9 Å². The normalized spacial score (nSPS) is 13.9. The van der Waals surface area contributed by atoms with Crippen LogP contribution in [0.3, 0.4) is 0 Å². The first kappa shape index (κ1) is 25.1. The topological polar surface area (TPSA) is 27.7 Å². The zero-order chi connectivity index (χ0) is 19.3. The van der Waals surface area contributed by atoms with E-state index in [1.807, 2.05) is 0 Å². The third-order valence-electron chi connectivity index (χ3n) is 5.48. The van der Waals surface area contributed by atoms with E-state index in [1.165, 1.54) is 51.4 Å². The van der Waals surface area contributed by atoms with Gasteiger partial charge in [-0.15, -0.1) is 0 Å². The van der Waals surface area contributed by atoms with Crippen molar-refractivity contribution in [3.8, 4) is 0 Å². The largest absolute Gasteiger partial charge is 0.500 e. The summed E-state index contributed by atoms with van der Waals surface area (Å²) in [7, 11) is 1.66. The average Bonchev–Trinajstić information content (AvgIpc) is 2.58. The first-order valence-electron chi connectivity index (χ1n) is 10.0. The highest BCUT2D eigenvalue weighted by Crippen LogP contribution is 2.22. The predicted octanol–water partition coefficient (Wildman–Crippen LogP) is 6.59. The Morgan fingerprint density at radius 2 is 1.04 bits per heavy atom. The van der Waals surface area contributed by atoms with E-state index in [-0.39, 0.29) is 0 Å². The van der Waals surface area contributed by atoms with Crippen LogP contribution in [0, 0.1) is 0 Å². The molecule has 150 valence electrons. The van der Waals surface area contributed by atoms with Crippen LogP contribution in [0.2, 0.25) is 25.7 Å². The zero-order valence-electron chi connectivity index (χ0n) is 18.3. The Bertz CT molecular complexity index is 363. The van der Waals surface area contributed by atoms with Crippen LogP contribution in [0.1, 0.15) is 71.6 Å². The molecule has 0 spiro atoms. The van der Waals surface area contributed by atoms with Crippen molar-refractivity contribution in [1.29, 1.82) is 0 Å². The molecule has 0 N–H and O–H groups in total. The molecule has 0 aliphatic rings. The van der Waals surface area contributed by atoms with Crippen molar-refractivity contribution in [3.63, 3.8) is 0 Å². The molecule has 0 atom stereocenters. The fraction of sp³-hybridized carbons (Fsp3) is 0.900. The van der Waals surface area contributed by atoms with Gasteiger partial charge in [0.25, 0.3) is 0 Å². The van der Waals surface area contributed by atoms with Crippen molar-refractivity contribution in [2.75, 3.05) is 21.3 Å². The Labute approximate surface area is 159 Å². The zero-order valence-corrected chi connectivity index (χ0v) is 20.3. The molecule has 0 fully saturated rings. The van der Waals surface area contributed by atoms with Gasteiger partial charge < -0.3 is 13.3 Å². The molecule has 0 unspecified atom stereocenters. The lowest BCUT2D eigenvalue weighted by atomic mass is 10.0. The Morgan fingerprint density at radius 3 is 1.44 bits per heavy atom. The van der Waals surface area contributed by atoms with Crippen molar-refractivity contribution in [2.24, 2.45) is 0 Å². The summed E-state index contributed by atoms with van der Waals surface area (Å²) in [5.74, 6) is 0. The van der Waals surface area contributed by atoms with Crippen molar-refractivity contribution >= 4 is 16.9 Å². The Balaban J connectivity index is 3.66. The van der Waals surface area contributed by atoms with E-state index in [2.05, 4.69) is 33.5 Å². The highest BCUT2D eigenvalue weighted by molar-refractivity contribution is 6.83. The summed E-state index contributed by atoms with van der Waals surface area (Å²) in [6.45, 7) is 12.0. The fourth-order valence-electron chi connectivity index (χ4n) is 3.18. The Kier molecular flexibility index (Phi) is 13.3. The second-order valence-corrected chi connectivity index (χ2v) is 16.6. The van der Waals surface area contributed by atoms with Crippen molar-refractivity contribution in [1.82, 2.24) is 0 Å². The van der Waals surface area contributed by atoms with E-state index in [0.29, 0.717) is 0 Å². The highest BCUT2D eigenvalue weighted by atomic mass is 28.4. The Hall–Kier alpha value is 0.0538. The number of hydrogen-bond donors (Lipinski definition) is 0. The minimum absolute atomic E-state index is 0.929. The molecule has 0 heterocycles. The third-order valence-corrected chi connectivity index (χ3v) is 11.0. The molecule has 0 saturated heterocycles. The van der Waals surface area contributed by atoms with Crippen molar-refractivity contribution in [3.05, 3.63) is 10.8 Å². The summed E-state index contributed by atoms with van der Waals surface area (Å²) in [5.41, 5.74) is 1.65. The van der Waals surface area contributed by atoms with Crippen LogP contribution < -0.4 is 0 Å². The summed E-state index contributed by atoms with van der Waals surface area (Å²) in [6, 6.07) is 0.929. The molecular weight excluding hydrogens is 344 g/mol. The monoisotopic (exact) mass is 388 g/mol. The van der Waals surface area contributed by atoms with Crippen LogP contribution >= 0.6 is 0 Å². The lowest BCUT2D eigenvalue weighted by Crippen LogP contribution is -2.42. The molecule has 0 radical (unpaired) electrons. The van der Waals surface area contributed by atoms with Crippen LogP contribution in [0.5, 0.6) is 0 Å². The number of unbranched alkanes of at least 4 members (excludes halogenated alkanes) is 7. The maximum atomic E-state index is 5.46. The SMILES string of the molecule is CO[Si](CCCCCCCCCC/C(C)=C(\C)[Si](C)(C)C)(OC)OC. The third kappa shape index (κ3) is 10.7.